The van der Waals surface area contributed by atoms with E-state index < -0.39 is 0 Å². The van der Waals surface area contributed by atoms with Crippen LogP contribution in [0.1, 0.15) is 89.6 Å². The highest BCUT2D eigenvalue weighted by molar-refractivity contribution is 8.06. The lowest BCUT2D eigenvalue weighted by molar-refractivity contribution is -0.642. The molecule has 0 unspecified atom stereocenters. The number of nitrogens with zero attached hydrogens (tertiary/aromatic N) is 2. The average molecular weight is 901 g/mol. The van der Waals surface area contributed by atoms with Crippen LogP contribution < -0.4 is 9.47 Å². The Bertz CT molecular complexity index is 2710. The maximum Gasteiger partial charge on any atom is 0.263 e. The van der Waals surface area contributed by atoms with E-state index in [0.717, 1.165) is 32.4 Å². The van der Waals surface area contributed by atoms with Crippen LogP contribution in [0.5, 0.6) is 0 Å². The molecule has 0 amide bonds. The van der Waals surface area contributed by atoms with Gasteiger partial charge in [-0.2, -0.15) is 4.57 Å². The summed E-state index contributed by atoms with van der Waals surface area (Å²) < 4.78 is 15.2. The van der Waals surface area contributed by atoms with Gasteiger partial charge in [0.2, 0.25) is 38.2 Å². The van der Waals surface area contributed by atoms with E-state index in [1.807, 2.05) is 87.8 Å². The zero-order chi connectivity index (χ0) is 44.7. The standard InChI is InChI=1S/C28H35O2S2.C24H21N2O2S2/c1-10-30-26-21(13-19-11-17(2)31-18(3)12-19)25(29)22(26)14-20-15-23(27(4,5)6)32-24(16-20)28(7,8)9;1-4-28-24-15(13-21-25(2)17-9-5-7-11-19(17)29-21)23(27)16(24)14-22-26(3)18-10-6-8-12-20(18)30-22/h11-16H,10H2,1-9H3;5-14H,4H2,1-3H3/q2*+1. The normalized spacial score (nSPS) is 18.5. The smallest absolute Gasteiger partial charge is 0.263 e. The van der Waals surface area contributed by atoms with E-state index in [0.29, 0.717) is 47.0 Å². The average Bonchev–Trinajstić information content (AvgIpc) is 3.72. The number of fused-ring (bicyclic) bond motifs is 2. The van der Waals surface area contributed by atoms with Gasteiger partial charge in [0, 0.05) is 47.0 Å². The number of anilines is 1. The minimum atomic E-state index is 0.0355. The highest BCUT2D eigenvalue weighted by Crippen LogP contribution is 2.47. The number of thioether (sulfide) groups is 2. The monoisotopic (exact) mass is 900 g/mol. The van der Waals surface area contributed by atoms with Crippen molar-refractivity contribution in [3.8, 4) is 0 Å². The number of allylic oxidation sites excluding steroid dienone is 11. The molecule has 0 N–H and O–H groups in total. The molecule has 4 aliphatic rings. The molecule has 0 bridgehead atoms. The Morgan fingerprint density at radius 2 is 1.27 bits per heavy atom. The molecular formula is C52H56N2O4S4+2. The van der Waals surface area contributed by atoms with Crippen LogP contribution in [0.2, 0.25) is 0 Å². The number of ether oxygens (including phenoxy) is 2. The molecule has 2 aromatic carbocycles. The highest BCUT2D eigenvalue weighted by Gasteiger charge is 2.38. The van der Waals surface area contributed by atoms with E-state index in [4.69, 9.17) is 9.47 Å². The van der Waals surface area contributed by atoms with Gasteiger partial charge >= 0.3 is 0 Å². The number of hydrogen-bond donors (Lipinski definition) is 0. The van der Waals surface area contributed by atoms with Crippen LogP contribution in [0.25, 0.3) is 22.4 Å². The summed E-state index contributed by atoms with van der Waals surface area (Å²) >= 11 is 6.97. The maximum atomic E-state index is 13.2. The number of benzene rings is 2. The van der Waals surface area contributed by atoms with Crippen molar-refractivity contribution in [3.05, 3.63) is 160 Å². The molecule has 0 spiro atoms. The van der Waals surface area contributed by atoms with Crippen LogP contribution in [0.4, 0.5) is 5.69 Å². The summed E-state index contributed by atoms with van der Waals surface area (Å²) in [6.45, 7) is 22.6. The van der Waals surface area contributed by atoms with E-state index in [-0.39, 0.29) is 22.4 Å². The first kappa shape index (κ1) is 45.3. The van der Waals surface area contributed by atoms with E-state index in [9.17, 15) is 9.59 Å². The van der Waals surface area contributed by atoms with Crippen molar-refractivity contribution < 1.29 is 23.6 Å². The topological polar surface area (TPSA) is 59.7 Å². The highest BCUT2D eigenvalue weighted by atomic mass is 32.2. The van der Waals surface area contributed by atoms with Crippen LogP contribution >= 0.6 is 46.2 Å². The van der Waals surface area contributed by atoms with Crippen LogP contribution in [-0.2, 0) is 36.9 Å². The molecule has 6 nitrogen and oxygen atoms in total. The second-order valence-electron chi connectivity index (χ2n) is 17.6. The first-order chi connectivity index (χ1) is 29.4. The van der Waals surface area contributed by atoms with Crippen LogP contribution in [-0.4, -0.2) is 31.8 Å². The zero-order valence-electron chi connectivity index (χ0n) is 37.8. The summed E-state index contributed by atoms with van der Waals surface area (Å²) in [6, 6.07) is 21.0. The first-order valence-corrected chi connectivity index (χ1v) is 24.3. The van der Waals surface area contributed by atoms with Crippen molar-refractivity contribution in [1.82, 2.24) is 0 Å². The molecule has 0 saturated heterocycles. The molecule has 2 aromatic heterocycles. The van der Waals surface area contributed by atoms with Crippen molar-refractivity contribution in [3.63, 3.8) is 0 Å². The second kappa shape index (κ2) is 18.2. The van der Waals surface area contributed by atoms with E-state index in [1.54, 1.807) is 34.9 Å². The number of ketones is 2. The second-order valence-corrected chi connectivity index (χ2v) is 22.3. The van der Waals surface area contributed by atoms with Gasteiger partial charge in [-0.1, -0.05) is 101 Å². The van der Waals surface area contributed by atoms with Gasteiger partial charge < -0.3 is 14.4 Å². The summed E-state index contributed by atoms with van der Waals surface area (Å²) in [5.41, 5.74) is 7.15. The van der Waals surface area contributed by atoms with Crippen LogP contribution in [0, 0.1) is 0 Å². The summed E-state index contributed by atoms with van der Waals surface area (Å²) in [5.74, 6) is 1.49. The number of carbonyl (C=O) groups excluding carboxylic acids is 2. The lowest BCUT2D eigenvalue weighted by Gasteiger charge is -2.24. The SMILES string of the molecule is CCOC1=C(C=C2C=C(C)SC(C)=C2)C(=O)C1=Cc1cc(C(C)(C)C)[s+]c(C(C)(C)C)c1.CCOC1=C(C=C2Sc3ccccc3N2C)C(=O)C1=Cc1sc2ccccc2[n+]1C. The predicted octanol–water partition coefficient (Wildman–Crippen LogP) is 13.4. The number of thiazole rings is 1. The fraction of sp³-hybridized carbons (Fsp3) is 0.308. The van der Waals surface area contributed by atoms with Gasteiger partial charge in [0.05, 0.1) is 46.2 Å². The minimum absolute atomic E-state index is 0.0355. The van der Waals surface area contributed by atoms with E-state index >= 15 is 0 Å². The third-order valence-electron chi connectivity index (χ3n) is 10.6. The quantitative estimate of drug-likeness (QED) is 0.0992. The lowest BCUT2D eigenvalue weighted by atomic mass is 9.84. The summed E-state index contributed by atoms with van der Waals surface area (Å²) in [7, 11) is 4.06. The van der Waals surface area contributed by atoms with Crippen molar-refractivity contribution in [2.75, 3.05) is 25.2 Å². The van der Waals surface area contributed by atoms with Gasteiger partial charge in [-0.15, -0.1) is 0 Å². The fourth-order valence-electron chi connectivity index (χ4n) is 7.32. The summed E-state index contributed by atoms with van der Waals surface area (Å²) in [5, 5.41) is 2.06. The van der Waals surface area contributed by atoms with Crippen molar-refractivity contribution >= 4 is 85.8 Å². The van der Waals surface area contributed by atoms with Crippen LogP contribution in [0.15, 0.2) is 144 Å². The molecule has 0 radical (unpaired) electrons. The molecule has 4 heterocycles. The largest absolute Gasteiger partial charge is 0.492 e. The maximum absolute atomic E-state index is 13.2. The van der Waals surface area contributed by atoms with E-state index in [1.165, 1.54) is 29.2 Å². The van der Waals surface area contributed by atoms with Crippen molar-refractivity contribution in [1.29, 1.82) is 0 Å². The van der Waals surface area contributed by atoms with Gasteiger partial charge in [0.15, 0.2) is 0 Å². The number of Topliss-reactive ketones (excluding diaryl/α,β-unsaturated/α-hetero) is 2. The zero-order valence-corrected chi connectivity index (χ0v) is 41.1. The van der Waals surface area contributed by atoms with E-state index in [2.05, 4.69) is 113 Å². The Labute approximate surface area is 383 Å². The number of rotatable bonds is 8. The summed E-state index contributed by atoms with van der Waals surface area (Å²) in [6.07, 6.45) is 12.1. The van der Waals surface area contributed by atoms with Gasteiger partial charge in [-0.3, -0.25) is 9.59 Å². The number of hydrogen-bond acceptors (Lipinski definition) is 8. The number of aromatic nitrogens is 1. The molecule has 320 valence electrons. The van der Waals surface area contributed by atoms with Crippen molar-refractivity contribution in [2.24, 2.45) is 7.05 Å². The van der Waals surface area contributed by atoms with Gasteiger partial charge in [0.25, 0.3) is 5.01 Å². The number of aryl methyl sites for hydroxylation is 1. The van der Waals surface area contributed by atoms with Gasteiger partial charge in [-0.05, 0) is 97.2 Å². The molecule has 8 rings (SSSR count). The molecule has 2 aliphatic carbocycles. The van der Waals surface area contributed by atoms with Gasteiger partial charge in [-0.25, -0.2) is 0 Å². The lowest BCUT2D eigenvalue weighted by Crippen LogP contribution is -2.30. The molecule has 62 heavy (non-hydrogen) atoms. The van der Waals surface area contributed by atoms with Crippen molar-refractivity contribution in [2.45, 2.75) is 85.0 Å². The Morgan fingerprint density at radius 3 is 1.84 bits per heavy atom. The number of carbonyl (C=O) groups is 2. The Kier molecular flexibility index (Phi) is 13.3. The minimum Gasteiger partial charge on any atom is -0.492 e. The third kappa shape index (κ3) is 9.44. The molecule has 0 fully saturated rings. The van der Waals surface area contributed by atoms with Gasteiger partial charge in [0.1, 0.15) is 23.3 Å². The molecule has 4 aromatic rings. The Balaban J connectivity index is 0.000000187. The molecule has 0 saturated carbocycles. The Hall–Kier alpha value is -4.74. The summed E-state index contributed by atoms with van der Waals surface area (Å²) in [4.78, 5) is 34.6. The Morgan fingerprint density at radius 1 is 0.726 bits per heavy atom. The first-order valence-electron chi connectivity index (χ1n) is 21.0. The molecule has 0 atom stereocenters. The third-order valence-corrected chi connectivity index (χ3v) is 15.7. The molecular weight excluding hydrogens is 845 g/mol. The molecule has 10 heteroatoms. The fourth-order valence-corrected chi connectivity index (χ4v) is 11.6. The predicted molar refractivity (Wildman–Crippen MR) is 264 cm³/mol. The molecule has 2 aliphatic heterocycles. The number of para-hydroxylation sites is 2. The van der Waals surface area contributed by atoms with Crippen LogP contribution in [0.3, 0.4) is 0 Å².